The number of hydrogen-bond donors (Lipinski definition) is 0. The van der Waals surface area contributed by atoms with Gasteiger partial charge >= 0.3 is 0 Å². The molecule has 2 radical (unpaired) electrons. The molecule has 0 saturated carbocycles. The van der Waals surface area contributed by atoms with Crippen molar-refractivity contribution in [2.24, 2.45) is 0 Å². The molecule has 0 aromatic heterocycles. The van der Waals surface area contributed by atoms with E-state index in [2.05, 4.69) is 12.1 Å². The number of benzene rings is 1. The predicted octanol–water partition coefficient (Wildman–Crippen LogP) is 1.35. The maximum atomic E-state index is 3.04. The smallest absolute Gasteiger partial charge is 0.0441 e. The molecule has 9 heavy (non-hydrogen) atoms. The van der Waals surface area contributed by atoms with Crippen molar-refractivity contribution in [3.63, 3.8) is 0 Å². The summed E-state index contributed by atoms with van der Waals surface area (Å²) in [6.07, 6.45) is 0. The molecule has 0 unspecified atom stereocenters. The molecule has 0 amide bonds. The third-order valence-corrected chi connectivity index (χ3v) is 1.12. The maximum absolute atomic E-state index is 3.04. The van der Waals surface area contributed by atoms with Gasteiger partial charge in [-0.25, -0.2) is 0 Å². The molecule has 0 fully saturated rings. The van der Waals surface area contributed by atoms with Crippen LogP contribution in [0.5, 0.6) is 0 Å². The Bertz CT molecular complexity index is 167. The van der Waals surface area contributed by atoms with Gasteiger partial charge in [0.25, 0.3) is 0 Å². The lowest BCUT2D eigenvalue weighted by molar-refractivity contribution is 1.13. The van der Waals surface area contributed by atoms with Crippen LogP contribution in [0.1, 0.15) is 0 Å². The van der Waals surface area contributed by atoms with Gasteiger partial charge in [0.15, 0.2) is 0 Å². The Kier molecular flexibility index (Phi) is 1.73. The summed E-state index contributed by atoms with van der Waals surface area (Å²) in [7, 11) is 3.98. The van der Waals surface area contributed by atoms with Crippen LogP contribution in [-0.2, 0) is 0 Å². The van der Waals surface area contributed by atoms with E-state index >= 15 is 0 Å². The molecule has 0 aliphatic carbocycles. The van der Waals surface area contributed by atoms with Crippen LogP contribution in [0.25, 0.3) is 0 Å². The van der Waals surface area contributed by atoms with Gasteiger partial charge in [-0.05, 0) is 18.2 Å². The number of nitrogens with zero attached hydrogens (tertiary/aromatic N) is 1. The second kappa shape index (κ2) is 2.53. The second-order valence-electron chi connectivity index (χ2n) is 2.07. The van der Waals surface area contributed by atoms with Crippen LogP contribution in [0.2, 0.25) is 0 Å². The van der Waals surface area contributed by atoms with Crippen LogP contribution in [0.4, 0.5) is 5.69 Å². The molecule has 0 aliphatic rings. The standard InChI is InChI=1S/C8H9N/c1-9(2)8-6-4-3-5-7-8/h4-6H,1-2H3. The van der Waals surface area contributed by atoms with Gasteiger partial charge in [0.1, 0.15) is 0 Å². The van der Waals surface area contributed by atoms with Crippen molar-refractivity contribution in [2.75, 3.05) is 19.0 Å². The summed E-state index contributed by atoms with van der Waals surface area (Å²) >= 11 is 0. The van der Waals surface area contributed by atoms with E-state index in [0.717, 1.165) is 5.69 Å². The van der Waals surface area contributed by atoms with Crippen LogP contribution in [-0.4, -0.2) is 14.1 Å². The molecule has 0 atom stereocenters. The molecule has 0 N–H and O–H groups in total. The van der Waals surface area contributed by atoms with E-state index in [1.54, 1.807) is 6.07 Å². The zero-order chi connectivity index (χ0) is 6.69. The van der Waals surface area contributed by atoms with Crippen molar-refractivity contribution in [2.45, 2.75) is 0 Å². The molecular weight excluding hydrogens is 110 g/mol. The minimum absolute atomic E-state index is 1.09. The largest absolute Gasteiger partial charge is 0.377 e. The average molecular weight is 119 g/mol. The summed E-state index contributed by atoms with van der Waals surface area (Å²) in [6, 6.07) is 11.6. The van der Waals surface area contributed by atoms with E-state index in [0.29, 0.717) is 0 Å². The van der Waals surface area contributed by atoms with Crippen LogP contribution in [0, 0.1) is 12.1 Å². The van der Waals surface area contributed by atoms with Crippen molar-refractivity contribution in [3.05, 3.63) is 30.3 Å². The summed E-state index contributed by atoms with van der Waals surface area (Å²) in [5.41, 5.74) is 1.09. The molecule has 0 saturated heterocycles. The molecule has 0 bridgehead atoms. The second-order valence-corrected chi connectivity index (χ2v) is 2.07. The molecule has 1 heteroatoms. The molecule has 1 aromatic carbocycles. The highest BCUT2D eigenvalue weighted by Gasteiger charge is 1.88. The quantitative estimate of drug-likeness (QED) is 0.539. The van der Waals surface area contributed by atoms with Gasteiger partial charge in [0, 0.05) is 25.8 Å². The third kappa shape index (κ3) is 1.46. The Labute approximate surface area is 55.9 Å². The summed E-state index contributed by atoms with van der Waals surface area (Å²) in [5.74, 6) is 0. The van der Waals surface area contributed by atoms with Crippen molar-refractivity contribution >= 4 is 5.69 Å². The van der Waals surface area contributed by atoms with Crippen LogP contribution in [0.15, 0.2) is 18.2 Å². The van der Waals surface area contributed by atoms with Crippen molar-refractivity contribution in [1.82, 2.24) is 0 Å². The first kappa shape index (κ1) is 6.14. The van der Waals surface area contributed by atoms with E-state index < -0.39 is 0 Å². The van der Waals surface area contributed by atoms with Gasteiger partial charge < -0.3 is 4.90 Å². The molecule has 1 nitrogen and oxygen atoms in total. The van der Waals surface area contributed by atoms with Crippen molar-refractivity contribution in [3.8, 4) is 0 Å². The van der Waals surface area contributed by atoms with E-state index in [1.807, 2.05) is 31.1 Å². The SMILES string of the molecule is CN(C)c1[c]c[c]cc1. The first-order valence-electron chi connectivity index (χ1n) is 2.86. The van der Waals surface area contributed by atoms with Gasteiger partial charge in [0.05, 0.1) is 0 Å². The van der Waals surface area contributed by atoms with E-state index in [1.165, 1.54) is 0 Å². The molecule has 1 aromatic rings. The first-order chi connectivity index (χ1) is 4.30. The Hall–Kier alpha value is -0.980. The van der Waals surface area contributed by atoms with Crippen molar-refractivity contribution < 1.29 is 0 Å². The van der Waals surface area contributed by atoms with Gasteiger partial charge in [0.2, 0.25) is 0 Å². The van der Waals surface area contributed by atoms with E-state index in [9.17, 15) is 0 Å². The van der Waals surface area contributed by atoms with Gasteiger partial charge in [-0.3, -0.25) is 0 Å². The summed E-state index contributed by atoms with van der Waals surface area (Å²) < 4.78 is 0. The number of anilines is 1. The Morgan fingerprint density at radius 3 is 2.56 bits per heavy atom. The normalized spacial score (nSPS) is 9.11. The zero-order valence-corrected chi connectivity index (χ0v) is 5.68. The number of hydrogen-bond acceptors (Lipinski definition) is 1. The highest BCUT2D eigenvalue weighted by Crippen LogP contribution is 2.05. The first-order valence-corrected chi connectivity index (χ1v) is 2.86. The van der Waals surface area contributed by atoms with Crippen LogP contribution in [0.3, 0.4) is 0 Å². The zero-order valence-electron chi connectivity index (χ0n) is 5.68. The fourth-order valence-electron chi connectivity index (χ4n) is 0.617. The minimum Gasteiger partial charge on any atom is -0.377 e. The Morgan fingerprint density at radius 1 is 1.44 bits per heavy atom. The molecule has 0 heterocycles. The highest BCUT2D eigenvalue weighted by molar-refractivity contribution is 5.42. The van der Waals surface area contributed by atoms with E-state index in [4.69, 9.17) is 0 Å². The van der Waals surface area contributed by atoms with Gasteiger partial charge in [-0.2, -0.15) is 0 Å². The lowest BCUT2D eigenvalue weighted by Gasteiger charge is -2.09. The lowest BCUT2D eigenvalue weighted by Crippen LogP contribution is -2.07. The summed E-state index contributed by atoms with van der Waals surface area (Å²) in [4.78, 5) is 2.01. The molecule has 46 valence electrons. The fraction of sp³-hybridized carbons (Fsp3) is 0.250. The fourth-order valence-corrected chi connectivity index (χ4v) is 0.617. The Balaban J connectivity index is 2.85. The van der Waals surface area contributed by atoms with Crippen LogP contribution >= 0.6 is 0 Å². The molecule has 0 aliphatic heterocycles. The topological polar surface area (TPSA) is 3.24 Å². The maximum Gasteiger partial charge on any atom is 0.0441 e. The predicted molar refractivity (Wildman–Crippen MR) is 38.4 cm³/mol. The van der Waals surface area contributed by atoms with Gasteiger partial charge in [-0.1, -0.05) is 6.07 Å². The van der Waals surface area contributed by atoms with Crippen molar-refractivity contribution in [1.29, 1.82) is 0 Å². The Morgan fingerprint density at radius 2 is 2.22 bits per heavy atom. The highest BCUT2D eigenvalue weighted by atomic mass is 15.1. The lowest BCUT2D eigenvalue weighted by atomic mass is 10.3. The average Bonchev–Trinajstić information content (AvgIpc) is 1.90. The van der Waals surface area contributed by atoms with Crippen LogP contribution < -0.4 is 4.90 Å². The van der Waals surface area contributed by atoms with Gasteiger partial charge in [-0.15, -0.1) is 0 Å². The molecular formula is C8H9N. The molecule has 1 rings (SSSR count). The summed E-state index contributed by atoms with van der Waals surface area (Å²) in [6.45, 7) is 0. The third-order valence-electron chi connectivity index (χ3n) is 1.12. The van der Waals surface area contributed by atoms with E-state index in [-0.39, 0.29) is 0 Å². The minimum atomic E-state index is 1.09. The number of rotatable bonds is 1. The monoisotopic (exact) mass is 119 g/mol. The summed E-state index contributed by atoms with van der Waals surface area (Å²) in [5, 5.41) is 0. The molecule has 0 spiro atoms.